The van der Waals surface area contributed by atoms with Gasteiger partial charge in [-0.25, -0.2) is 14.0 Å². The Morgan fingerprint density at radius 1 is 1.35 bits per heavy atom. The SMILES string of the molecule is Cn1nnc(NC(=O)Nc2cc(F)ccc2C(=O)O)n1. The molecule has 0 bridgehead atoms. The summed E-state index contributed by atoms with van der Waals surface area (Å²) >= 11 is 0. The van der Waals surface area contributed by atoms with Crippen LogP contribution in [0.15, 0.2) is 18.2 Å². The van der Waals surface area contributed by atoms with E-state index < -0.39 is 17.8 Å². The Labute approximate surface area is 111 Å². The maximum Gasteiger partial charge on any atom is 0.337 e. The number of benzene rings is 1. The van der Waals surface area contributed by atoms with Crippen molar-refractivity contribution in [3.8, 4) is 0 Å². The number of halogens is 1. The van der Waals surface area contributed by atoms with Gasteiger partial charge in [0.05, 0.1) is 18.3 Å². The molecular formula is C10H9FN6O3. The predicted octanol–water partition coefficient (Wildman–Crippen LogP) is 0.691. The van der Waals surface area contributed by atoms with Gasteiger partial charge in [-0.05, 0) is 23.4 Å². The number of carbonyl (C=O) groups is 2. The van der Waals surface area contributed by atoms with E-state index in [1.54, 1.807) is 0 Å². The molecule has 104 valence electrons. The van der Waals surface area contributed by atoms with Gasteiger partial charge in [-0.2, -0.15) is 4.80 Å². The van der Waals surface area contributed by atoms with Crippen LogP contribution < -0.4 is 10.6 Å². The zero-order valence-electron chi connectivity index (χ0n) is 10.2. The Morgan fingerprint density at radius 3 is 2.70 bits per heavy atom. The number of aryl methyl sites for hydroxylation is 1. The number of hydrogen-bond acceptors (Lipinski definition) is 5. The highest BCUT2D eigenvalue weighted by atomic mass is 19.1. The third-order valence-corrected chi connectivity index (χ3v) is 2.19. The van der Waals surface area contributed by atoms with Crippen molar-refractivity contribution in [2.24, 2.45) is 7.05 Å². The van der Waals surface area contributed by atoms with E-state index in [0.717, 1.165) is 23.0 Å². The van der Waals surface area contributed by atoms with E-state index >= 15 is 0 Å². The molecule has 1 aromatic heterocycles. The van der Waals surface area contributed by atoms with Gasteiger partial charge in [0.2, 0.25) is 0 Å². The molecule has 10 heteroatoms. The molecule has 2 rings (SSSR count). The molecule has 0 aliphatic rings. The predicted molar refractivity (Wildman–Crippen MR) is 64.8 cm³/mol. The van der Waals surface area contributed by atoms with Gasteiger partial charge in [-0.3, -0.25) is 5.32 Å². The summed E-state index contributed by atoms with van der Waals surface area (Å²) in [5, 5.41) is 24.1. The lowest BCUT2D eigenvalue weighted by molar-refractivity contribution is 0.0698. The Bertz CT molecular complexity index is 671. The molecule has 0 atom stereocenters. The van der Waals surface area contributed by atoms with Crippen LogP contribution in [0.2, 0.25) is 0 Å². The molecule has 0 aliphatic carbocycles. The summed E-state index contributed by atoms with van der Waals surface area (Å²) in [4.78, 5) is 23.7. The summed E-state index contributed by atoms with van der Waals surface area (Å²) < 4.78 is 13.1. The van der Waals surface area contributed by atoms with Crippen LogP contribution in [0.4, 0.5) is 20.8 Å². The average molecular weight is 280 g/mol. The maximum atomic E-state index is 13.1. The smallest absolute Gasteiger partial charge is 0.337 e. The lowest BCUT2D eigenvalue weighted by Crippen LogP contribution is -2.22. The number of aromatic nitrogens is 4. The number of carboxylic acids is 1. The van der Waals surface area contributed by atoms with Gasteiger partial charge in [0.1, 0.15) is 5.82 Å². The lowest BCUT2D eigenvalue weighted by Gasteiger charge is -2.08. The monoisotopic (exact) mass is 280 g/mol. The van der Waals surface area contributed by atoms with Crippen LogP contribution in [0.5, 0.6) is 0 Å². The minimum atomic E-state index is -1.29. The quantitative estimate of drug-likeness (QED) is 0.760. The molecule has 0 fully saturated rings. The molecule has 2 aromatic rings. The van der Waals surface area contributed by atoms with Crippen LogP contribution in [0.1, 0.15) is 10.4 Å². The highest BCUT2D eigenvalue weighted by Crippen LogP contribution is 2.17. The highest BCUT2D eigenvalue weighted by molar-refractivity contribution is 6.03. The van der Waals surface area contributed by atoms with Crippen molar-refractivity contribution in [3.63, 3.8) is 0 Å². The van der Waals surface area contributed by atoms with Crippen LogP contribution in [-0.2, 0) is 7.05 Å². The molecule has 0 aliphatic heterocycles. The number of rotatable bonds is 3. The summed E-state index contributed by atoms with van der Waals surface area (Å²) in [6, 6.07) is 2.11. The summed E-state index contributed by atoms with van der Waals surface area (Å²) in [6.45, 7) is 0. The molecule has 9 nitrogen and oxygen atoms in total. The van der Waals surface area contributed by atoms with E-state index in [1.165, 1.54) is 7.05 Å². The zero-order valence-corrected chi connectivity index (χ0v) is 10.2. The van der Waals surface area contributed by atoms with Crippen molar-refractivity contribution in [1.29, 1.82) is 0 Å². The molecule has 0 saturated carbocycles. The Hall–Kier alpha value is -3.04. The minimum absolute atomic E-state index is 0.0710. The molecule has 1 heterocycles. The summed E-state index contributed by atoms with van der Waals surface area (Å²) in [5.74, 6) is -2.04. The van der Waals surface area contributed by atoms with E-state index in [0.29, 0.717) is 0 Å². The normalized spacial score (nSPS) is 10.1. The summed E-state index contributed by atoms with van der Waals surface area (Å²) in [7, 11) is 1.51. The maximum absolute atomic E-state index is 13.1. The second kappa shape index (κ2) is 5.30. The fourth-order valence-electron chi connectivity index (χ4n) is 1.40. The summed E-state index contributed by atoms with van der Waals surface area (Å²) in [5.41, 5.74) is -0.424. The number of carbonyl (C=O) groups excluding carboxylic acids is 1. The third-order valence-electron chi connectivity index (χ3n) is 2.19. The molecule has 0 unspecified atom stereocenters. The number of anilines is 2. The number of nitrogens with one attached hydrogen (secondary N) is 2. The number of amides is 2. The van der Waals surface area contributed by atoms with E-state index in [-0.39, 0.29) is 17.2 Å². The van der Waals surface area contributed by atoms with Crippen LogP contribution in [0.25, 0.3) is 0 Å². The topological polar surface area (TPSA) is 122 Å². The van der Waals surface area contributed by atoms with E-state index in [2.05, 4.69) is 26.0 Å². The fraction of sp³-hybridized carbons (Fsp3) is 0.100. The molecular weight excluding hydrogens is 271 g/mol. The number of aromatic carboxylic acids is 1. The number of tetrazole rings is 1. The number of urea groups is 1. The van der Waals surface area contributed by atoms with Gasteiger partial charge in [0.25, 0.3) is 5.95 Å². The van der Waals surface area contributed by atoms with Gasteiger partial charge in [-0.15, -0.1) is 5.10 Å². The highest BCUT2D eigenvalue weighted by Gasteiger charge is 2.14. The van der Waals surface area contributed by atoms with Crippen LogP contribution in [0.3, 0.4) is 0 Å². The minimum Gasteiger partial charge on any atom is -0.478 e. The number of carboxylic acid groups (broad SMARTS) is 1. The largest absolute Gasteiger partial charge is 0.478 e. The van der Waals surface area contributed by atoms with E-state index in [4.69, 9.17) is 5.11 Å². The standard InChI is InChI=1S/C10H9FN6O3/c1-17-15-9(14-16-17)13-10(20)12-7-4-5(11)2-3-6(7)8(18)19/h2-4H,1H3,(H,18,19)(H2,12,13,15,20). The third kappa shape index (κ3) is 3.04. The van der Waals surface area contributed by atoms with Crippen molar-refractivity contribution in [3.05, 3.63) is 29.6 Å². The molecule has 0 radical (unpaired) electrons. The first-order valence-corrected chi connectivity index (χ1v) is 5.30. The van der Waals surface area contributed by atoms with E-state index in [1.807, 2.05) is 0 Å². The van der Waals surface area contributed by atoms with Crippen molar-refractivity contribution in [2.75, 3.05) is 10.6 Å². The Morgan fingerprint density at radius 2 is 2.10 bits per heavy atom. The fourth-order valence-corrected chi connectivity index (χ4v) is 1.40. The molecule has 0 saturated heterocycles. The van der Waals surface area contributed by atoms with Crippen LogP contribution in [0, 0.1) is 5.82 Å². The van der Waals surface area contributed by atoms with Crippen molar-refractivity contribution >= 4 is 23.6 Å². The Balaban J connectivity index is 2.15. The van der Waals surface area contributed by atoms with Gasteiger partial charge in [-0.1, -0.05) is 5.10 Å². The van der Waals surface area contributed by atoms with Gasteiger partial charge < -0.3 is 10.4 Å². The molecule has 1 aromatic carbocycles. The molecule has 20 heavy (non-hydrogen) atoms. The number of nitrogens with zero attached hydrogens (tertiary/aromatic N) is 4. The van der Waals surface area contributed by atoms with Crippen molar-refractivity contribution < 1.29 is 19.1 Å². The second-order valence-corrected chi connectivity index (χ2v) is 3.68. The van der Waals surface area contributed by atoms with Gasteiger partial charge >= 0.3 is 12.0 Å². The average Bonchev–Trinajstić information content (AvgIpc) is 2.74. The van der Waals surface area contributed by atoms with Crippen molar-refractivity contribution in [1.82, 2.24) is 20.2 Å². The second-order valence-electron chi connectivity index (χ2n) is 3.68. The zero-order chi connectivity index (χ0) is 14.7. The first-order chi connectivity index (χ1) is 9.45. The number of hydrogen-bond donors (Lipinski definition) is 3. The van der Waals surface area contributed by atoms with E-state index in [9.17, 15) is 14.0 Å². The lowest BCUT2D eigenvalue weighted by atomic mass is 10.2. The first kappa shape index (κ1) is 13.4. The van der Waals surface area contributed by atoms with Crippen molar-refractivity contribution in [2.45, 2.75) is 0 Å². The van der Waals surface area contributed by atoms with Crippen LogP contribution >= 0.6 is 0 Å². The van der Waals surface area contributed by atoms with Crippen LogP contribution in [-0.4, -0.2) is 37.3 Å². The first-order valence-electron chi connectivity index (χ1n) is 5.30. The molecule has 2 amide bonds. The summed E-state index contributed by atoms with van der Waals surface area (Å²) in [6.07, 6.45) is 0. The molecule has 3 N–H and O–H groups in total. The molecule has 0 spiro atoms. The van der Waals surface area contributed by atoms with Gasteiger partial charge in [0.15, 0.2) is 0 Å². The van der Waals surface area contributed by atoms with Gasteiger partial charge in [0, 0.05) is 0 Å². The Kier molecular flexibility index (Phi) is 3.55.